The first-order valence-electron chi connectivity index (χ1n) is 7.90. The normalized spacial score (nSPS) is 10.6. The number of nitro groups is 1. The summed E-state index contributed by atoms with van der Waals surface area (Å²) in [5.74, 6) is -1.06. The maximum atomic E-state index is 14.4. The molecule has 0 spiro atoms. The topological polar surface area (TPSA) is 132 Å². The van der Waals surface area contributed by atoms with Crippen LogP contribution >= 0.6 is 24.0 Å². The summed E-state index contributed by atoms with van der Waals surface area (Å²) in [6.07, 6.45) is 0. The first-order valence-corrected chi connectivity index (χ1v) is 8.28. The summed E-state index contributed by atoms with van der Waals surface area (Å²) in [6.45, 7) is 0.579. The van der Waals surface area contributed by atoms with Crippen LogP contribution in [0.2, 0.25) is 5.15 Å². The van der Waals surface area contributed by atoms with E-state index in [2.05, 4.69) is 10.3 Å². The van der Waals surface area contributed by atoms with Gasteiger partial charge in [-0.05, 0) is 13.1 Å². The van der Waals surface area contributed by atoms with Gasteiger partial charge in [-0.3, -0.25) is 24.5 Å². The summed E-state index contributed by atoms with van der Waals surface area (Å²) < 4.78 is 20.6. The number of hydrogen-bond acceptors (Lipinski definition) is 7. The van der Waals surface area contributed by atoms with E-state index in [0.717, 1.165) is 22.8 Å². The fraction of sp³-hybridized carbons (Fsp3) is 0.188. The molecule has 154 valence electrons. The Morgan fingerprint density at radius 2 is 2.10 bits per heavy atom. The summed E-state index contributed by atoms with van der Waals surface area (Å²) in [4.78, 5) is 41.1. The van der Waals surface area contributed by atoms with Gasteiger partial charge in [0, 0.05) is 24.7 Å². The molecular weight excluding hydrogens is 432 g/mol. The van der Waals surface area contributed by atoms with E-state index in [1.807, 2.05) is 4.98 Å². The molecule has 10 nitrogen and oxygen atoms in total. The van der Waals surface area contributed by atoms with Gasteiger partial charge in [-0.15, -0.1) is 12.4 Å². The van der Waals surface area contributed by atoms with Crippen LogP contribution in [0.3, 0.4) is 0 Å². The molecule has 29 heavy (non-hydrogen) atoms. The SMILES string of the molecule is CNCCOc1nc(Cl)cc2c1c(=O)[nH]c(=O)n2-c1cc([N+](=O)[O-])ccc1F.Cl. The quantitative estimate of drug-likeness (QED) is 0.255. The molecule has 0 unspecified atom stereocenters. The van der Waals surface area contributed by atoms with E-state index in [1.165, 1.54) is 6.07 Å². The second kappa shape index (κ2) is 8.99. The van der Waals surface area contributed by atoms with Gasteiger partial charge in [-0.2, -0.15) is 0 Å². The average Bonchev–Trinajstić information content (AvgIpc) is 2.62. The molecule has 0 amide bonds. The van der Waals surface area contributed by atoms with Crippen LogP contribution in [0.1, 0.15) is 0 Å². The van der Waals surface area contributed by atoms with Gasteiger partial charge in [0.15, 0.2) is 0 Å². The number of aromatic amines is 1. The minimum absolute atomic E-state index is 0. The fourth-order valence-corrected chi connectivity index (χ4v) is 2.75. The van der Waals surface area contributed by atoms with Crippen molar-refractivity contribution < 1.29 is 14.1 Å². The Morgan fingerprint density at radius 3 is 2.76 bits per heavy atom. The van der Waals surface area contributed by atoms with Gasteiger partial charge in [0.2, 0.25) is 5.88 Å². The highest BCUT2D eigenvalue weighted by molar-refractivity contribution is 6.30. The van der Waals surface area contributed by atoms with Crippen molar-refractivity contribution in [3.05, 3.63) is 66.2 Å². The number of likely N-dealkylation sites (N-methyl/N-ethyl adjacent to an activating group) is 1. The van der Waals surface area contributed by atoms with Crippen molar-refractivity contribution in [2.45, 2.75) is 0 Å². The number of non-ortho nitro benzene ring substituents is 1. The van der Waals surface area contributed by atoms with E-state index in [4.69, 9.17) is 16.3 Å². The molecule has 0 aliphatic rings. The number of ether oxygens (including phenoxy) is 1. The molecule has 3 aromatic rings. The molecule has 0 atom stereocenters. The van der Waals surface area contributed by atoms with E-state index in [9.17, 15) is 24.1 Å². The predicted octanol–water partition coefficient (Wildman–Crippen LogP) is 1.79. The Bertz CT molecular complexity index is 1200. The highest BCUT2D eigenvalue weighted by Crippen LogP contribution is 2.27. The number of rotatable bonds is 6. The highest BCUT2D eigenvalue weighted by atomic mass is 35.5. The maximum Gasteiger partial charge on any atom is 0.333 e. The molecule has 2 N–H and O–H groups in total. The first-order chi connectivity index (χ1) is 13.3. The van der Waals surface area contributed by atoms with Crippen molar-refractivity contribution >= 4 is 40.6 Å². The van der Waals surface area contributed by atoms with Crippen LogP contribution in [-0.4, -0.2) is 39.7 Å². The number of benzene rings is 1. The van der Waals surface area contributed by atoms with Gasteiger partial charge in [0.05, 0.1) is 16.1 Å². The van der Waals surface area contributed by atoms with Crippen molar-refractivity contribution in [2.75, 3.05) is 20.2 Å². The second-order valence-corrected chi connectivity index (χ2v) is 5.97. The second-order valence-electron chi connectivity index (χ2n) is 5.58. The fourth-order valence-electron chi connectivity index (χ4n) is 2.57. The summed E-state index contributed by atoms with van der Waals surface area (Å²) >= 11 is 5.99. The number of nitrogens with zero attached hydrogens (tertiary/aromatic N) is 3. The number of halogens is 3. The number of nitro benzene ring substituents is 1. The first kappa shape index (κ1) is 22.3. The van der Waals surface area contributed by atoms with E-state index in [1.54, 1.807) is 7.05 Å². The summed E-state index contributed by atoms with van der Waals surface area (Å²) in [7, 11) is 1.70. The lowest BCUT2D eigenvalue weighted by Gasteiger charge is -2.13. The van der Waals surface area contributed by atoms with Gasteiger partial charge < -0.3 is 10.1 Å². The summed E-state index contributed by atoms with van der Waals surface area (Å²) in [5, 5.41) is 13.6. The van der Waals surface area contributed by atoms with Crippen molar-refractivity contribution in [3.63, 3.8) is 0 Å². The molecule has 13 heteroatoms. The van der Waals surface area contributed by atoms with Crippen LogP contribution in [0.4, 0.5) is 10.1 Å². The number of fused-ring (bicyclic) bond motifs is 1. The molecule has 0 saturated heterocycles. The van der Waals surface area contributed by atoms with Crippen molar-refractivity contribution in [3.8, 4) is 11.6 Å². The standard InChI is InChI=1S/C16H13ClFN5O5.ClH/c1-19-4-5-28-15-13-11(7-12(17)20-15)22(16(25)21-14(13)24)10-6-8(23(26)27)2-3-9(10)18;/h2-3,6-7,19H,4-5H2,1H3,(H,21,24,25);1H. The Balaban J connectivity index is 0.00000300. The molecule has 1 aromatic carbocycles. The van der Waals surface area contributed by atoms with Gasteiger partial charge in [0.25, 0.3) is 11.2 Å². The van der Waals surface area contributed by atoms with E-state index >= 15 is 0 Å². The molecular formula is C16H14Cl2FN5O5. The zero-order valence-electron chi connectivity index (χ0n) is 14.8. The minimum Gasteiger partial charge on any atom is -0.476 e. The number of nitrogens with one attached hydrogen (secondary N) is 2. The number of aromatic nitrogens is 3. The Labute approximate surface area is 172 Å². The lowest BCUT2D eigenvalue weighted by molar-refractivity contribution is -0.384. The van der Waals surface area contributed by atoms with Crippen LogP contribution < -0.4 is 21.3 Å². The van der Waals surface area contributed by atoms with Gasteiger partial charge in [0.1, 0.15) is 23.0 Å². The smallest absolute Gasteiger partial charge is 0.333 e. The molecule has 3 rings (SSSR count). The van der Waals surface area contributed by atoms with E-state index in [0.29, 0.717) is 6.54 Å². The lowest BCUT2D eigenvalue weighted by atomic mass is 10.2. The van der Waals surface area contributed by atoms with Gasteiger partial charge in [-0.25, -0.2) is 14.2 Å². The third kappa shape index (κ3) is 4.36. The molecule has 0 fully saturated rings. The lowest BCUT2D eigenvalue weighted by Crippen LogP contribution is -2.30. The summed E-state index contributed by atoms with van der Waals surface area (Å²) in [5.41, 5.74) is -2.78. The molecule has 0 aliphatic carbocycles. The molecule has 0 bridgehead atoms. The molecule has 0 radical (unpaired) electrons. The molecule has 0 aliphatic heterocycles. The van der Waals surface area contributed by atoms with E-state index < -0.39 is 33.4 Å². The zero-order chi connectivity index (χ0) is 20.4. The van der Waals surface area contributed by atoms with Crippen LogP contribution in [-0.2, 0) is 0 Å². The van der Waals surface area contributed by atoms with Gasteiger partial charge >= 0.3 is 5.69 Å². The largest absolute Gasteiger partial charge is 0.476 e. The van der Waals surface area contributed by atoms with Crippen molar-refractivity contribution in [1.82, 2.24) is 19.9 Å². The maximum absolute atomic E-state index is 14.4. The Morgan fingerprint density at radius 1 is 1.38 bits per heavy atom. The third-order valence-corrected chi connectivity index (χ3v) is 3.99. The minimum atomic E-state index is -1.000. The van der Waals surface area contributed by atoms with Crippen LogP contribution in [0, 0.1) is 15.9 Å². The third-order valence-electron chi connectivity index (χ3n) is 3.80. The number of pyridine rings is 1. The Hall–Kier alpha value is -3.02. The van der Waals surface area contributed by atoms with E-state index in [-0.39, 0.29) is 40.9 Å². The van der Waals surface area contributed by atoms with Crippen LogP contribution in [0.15, 0.2) is 33.9 Å². The average molecular weight is 446 g/mol. The van der Waals surface area contributed by atoms with Crippen LogP contribution in [0.25, 0.3) is 16.6 Å². The molecule has 2 heterocycles. The van der Waals surface area contributed by atoms with Gasteiger partial charge in [-0.1, -0.05) is 11.6 Å². The summed E-state index contributed by atoms with van der Waals surface area (Å²) in [6, 6.07) is 3.86. The predicted molar refractivity (Wildman–Crippen MR) is 106 cm³/mol. The molecule has 2 aromatic heterocycles. The van der Waals surface area contributed by atoms with Crippen molar-refractivity contribution in [1.29, 1.82) is 0 Å². The highest BCUT2D eigenvalue weighted by Gasteiger charge is 2.20. The van der Waals surface area contributed by atoms with Crippen LogP contribution in [0.5, 0.6) is 5.88 Å². The van der Waals surface area contributed by atoms with Crippen molar-refractivity contribution in [2.24, 2.45) is 0 Å². The number of hydrogen-bond donors (Lipinski definition) is 2. The number of H-pyrrole nitrogens is 1. The monoisotopic (exact) mass is 445 g/mol. The zero-order valence-corrected chi connectivity index (χ0v) is 16.3. The molecule has 0 saturated carbocycles. The Kier molecular flexibility index (Phi) is 6.90.